The minimum Gasteiger partial charge on any atom is -0.391 e. The largest absolute Gasteiger partial charge is 0.391 e. The Labute approximate surface area is 157 Å². The van der Waals surface area contributed by atoms with E-state index in [4.69, 9.17) is 11.6 Å². The van der Waals surface area contributed by atoms with Crippen molar-refractivity contribution >= 4 is 23.3 Å². The van der Waals surface area contributed by atoms with Gasteiger partial charge < -0.3 is 15.4 Å². The van der Waals surface area contributed by atoms with Gasteiger partial charge in [-0.25, -0.2) is 0 Å². The summed E-state index contributed by atoms with van der Waals surface area (Å²) < 4.78 is 0. The Kier molecular flexibility index (Phi) is 5.21. The lowest BCUT2D eigenvalue weighted by Gasteiger charge is -2.31. The van der Waals surface area contributed by atoms with Gasteiger partial charge in [0.1, 0.15) is 5.69 Å². The van der Waals surface area contributed by atoms with Gasteiger partial charge in [0.2, 0.25) is 0 Å². The lowest BCUT2D eigenvalue weighted by molar-refractivity contribution is 0.0787. The fourth-order valence-electron chi connectivity index (χ4n) is 3.85. The Hall–Kier alpha value is -2.11. The molecule has 1 aromatic heterocycles. The van der Waals surface area contributed by atoms with Gasteiger partial charge in [-0.2, -0.15) is 0 Å². The molecule has 2 aromatic rings. The number of halogens is 1. The van der Waals surface area contributed by atoms with Crippen LogP contribution in [0.2, 0.25) is 5.02 Å². The summed E-state index contributed by atoms with van der Waals surface area (Å²) in [5, 5.41) is 14.0. The molecule has 1 aliphatic rings. The second-order valence-corrected chi connectivity index (χ2v) is 7.23. The first-order valence-corrected chi connectivity index (χ1v) is 9.20. The van der Waals surface area contributed by atoms with Crippen molar-refractivity contribution < 1.29 is 14.7 Å². The van der Waals surface area contributed by atoms with Crippen molar-refractivity contribution in [2.24, 2.45) is 0 Å². The highest BCUT2D eigenvalue weighted by atomic mass is 35.5. The van der Waals surface area contributed by atoms with Crippen LogP contribution >= 0.6 is 11.6 Å². The molecule has 0 saturated heterocycles. The van der Waals surface area contributed by atoms with Crippen LogP contribution in [0.4, 0.5) is 0 Å². The van der Waals surface area contributed by atoms with Crippen molar-refractivity contribution in [3.63, 3.8) is 0 Å². The molecular formula is C20H23ClN2O3. The number of amides is 1. The summed E-state index contributed by atoms with van der Waals surface area (Å²) >= 11 is 6.11. The monoisotopic (exact) mass is 374 g/mol. The summed E-state index contributed by atoms with van der Waals surface area (Å²) in [6.45, 7) is 5.20. The minimum atomic E-state index is -0.682. The highest BCUT2D eigenvalue weighted by Crippen LogP contribution is 2.32. The topological polar surface area (TPSA) is 82.2 Å². The fourth-order valence-corrected chi connectivity index (χ4v) is 4.03. The Balaban J connectivity index is 1.95. The summed E-state index contributed by atoms with van der Waals surface area (Å²) in [5.74, 6) is -0.390. The molecule has 0 spiro atoms. The lowest BCUT2D eigenvalue weighted by atomic mass is 9.85. The van der Waals surface area contributed by atoms with E-state index in [0.717, 1.165) is 17.5 Å². The first-order chi connectivity index (χ1) is 12.3. The number of rotatable bonds is 4. The molecule has 3 N–H and O–H groups in total. The number of H-pyrrole nitrogens is 1. The normalized spacial score (nSPS) is 19.1. The maximum atomic E-state index is 12.9. The number of carbonyl (C=O) groups excluding carboxylic acids is 2. The van der Waals surface area contributed by atoms with E-state index in [1.54, 1.807) is 13.0 Å². The molecule has 138 valence electrons. The van der Waals surface area contributed by atoms with Gasteiger partial charge in [0.05, 0.1) is 12.1 Å². The molecule has 2 atom stereocenters. The van der Waals surface area contributed by atoms with Gasteiger partial charge >= 0.3 is 0 Å². The molecule has 0 radical (unpaired) electrons. The first-order valence-electron chi connectivity index (χ1n) is 8.83. The Morgan fingerprint density at radius 1 is 1.38 bits per heavy atom. The molecule has 3 rings (SSSR count). The second-order valence-electron chi connectivity index (χ2n) is 6.79. The van der Waals surface area contributed by atoms with Crippen LogP contribution in [-0.4, -0.2) is 27.9 Å². The van der Waals surface area contributed by atoms with Crippen molar-refractivity contribution in [2.45, 2.75) is 52.2 Å². The zero-order valence-electron chi connectivity index (χ0n) is 15.1. The summed E-state index contributed by atoms with van der Waals surface area (Å²) in [7, 11) is 0. The quantitative estimate of drug-likeness (QED) is 0.716. The summed E-state index contributed by atoms with van der Waals surface area (Å²) in [6, 6.07) is 5.03. The second kappa shape index (κ2) is 7.25. The predicted molar refractivity (Wildman–Crippen MR) is 101 cm³/mol. The molecule has 1 aliphatic carbocycles. The molecule has 26 heavy (non-hydrogen) atoms. The minimum absolute atomic E-state index is 0.0653. The number of Topliss-reactive ketones (excluding diaryl/α,β-unsaturated/α-hetero) is 1. The van der Waals surface area contributed by atoms with Crippen LogP contribution in [0.3, 0.4) is 0 Å². The van der Waals surface area contributed by atoms with E-state index in [-0.39, 0.29) is 11.7 Å². The average Bonchev–Trinajstić information content (AvgIpc) is 2.94. The van der Waals surface area contributed by atoms with Crippen molar-refractivity contribution in [1.29, 1.82) is 0 Å². The smallest absolute Gasteiger partial charge is 0.268 e. The van der Waals surface area contributed by atoms with Gasteiger partial charge in [-0.1, -0.05) is 24.6 Å². The van der Waals surface area contributed by atoms with E-state index in [2.05, 4.69) is 10.3 Å². The number of fused-ring (bicyclic) bond motifs is 1. The van der Waals surface area contributed by atoms with Gasteiger partial charge in [0, 0.05) is 16.3 Å². The van der Waals surface area contributed by atoms with Crippen molar-refractivity contribution in [1.82, 2.24) is 10.3 Å². The zero-order chi connectivity index (χ0) is 19.0. The van der Waals surface area contributed by atoms with Gasteiger partial charge in [-0.05, 0) is 61.9 Å². The highest BCUT2D eigenvalue weighted by Gasteiger charge is 2.31. The molecule has 0 bridgehead atoms. The maximum absolute atomic E-state index is 12.9. The molecule has 6 heteroatoms. The van der Waals surface area contributed by atoms with E-state index in [1.165, 1.54) is 6.92 Å². The number of carbonyl (C=O) groups is 2. The van der Waals surface area contributed by atoms with Crippen LogP contribution in [0, 0.1) is 6.92 Å². The number of hydrogen-bond donors (Lipinski definition) is 3. The third-order valence-corrected chi connectivity index (χ3v) is 5.28. The number of hydrogen-bond acceptors (Lipinski definition) is 3. The molecular weight excluding hydrogens is 352 g/mol. The fraction of sp³-hybridized carbons (Fsp3) is 0.400. The number of aliphatic hydroxyl groups excluding tert-OH is 1. The van der Waals surface area contributed by atoms with Crippen LogP contribution in [-0.2, 0) is 12.8 Å². The van der Waals surface area contributed by atoms with Crippen molar-refractivity contribution in [3.05, 3.63) is 56.9 Å². The van der Waals surface area contributed by atoms with E-state index in [9.17, 15) is 14.7 Å². The molecule has 5 nitrogen and oxygen atoms in total. The van der Waals surface area contributed by atoms with E-state index in [0.29, 0.717) is 40.4 Å². The number of ketones is 1. The molecule has 0 saturated carbocycles. The molecule has 0 fully saturated rings. The van der Waals surface area contributed by atoms with Gasteiger partial charge in [-0.3, -0.25) is 9.59 Å². The highest BCUT2D eigenvalue weighted by molar-refractivity contribution is 6.30. The average molecular weight is 375 g/mol. The number of aromatic nitrogens is 1. The first kappa shape index (κ1) is 18.7. The van der Waals surface area contributed by atoms with Crippen LogP contribution < -0.4 is 5.32 Å². The van der Waals surface area contributed by atoms with Gasteiger partial charge in [0.25, 0.3) is 5.91 Å². The standard InChI is InChI=1S/C20H23ClN2O3/c1-4-14-17(11(3)24)10(2)22-19(14)20(26)23-18-15-9-13(21)7-5-12(15)6-8-16(18)25/h5,7,9,16,18,22,25H,4,6,8H2,1-3H3,(H,23,26)/t16-,18-/m0/s1. The Morgan fingerprint density at radius 3 is 2.77 bits per heavy atom. The Bertz CT molecular complexity index is 872. The van der Waals surface area contributed by atoms with E-state index in [1.807, 2.05) is 19.1 Å². The molecule has 1 amide bonds. The number of aromatic amines is 1. The molecule has 1 heterocycles. The third kappa shape index (κ3) is 3.29. The third-order valence-electron chi connectivity index (χ3n) is 5.05. The lowest BCUT2D eigenvalue weighted by Crippen LogP contribution is -2.39. The van der Waals surface area contributed by atoms with E-state index < -0.39 is 12.1 Å². The van der Waals surface area contributed by atoms with Crippen LogP contribution in [0.15, 0.2) is 18.2 Å². The zero-order valence-corrected chi connectivity index (χ0v) is 15.9. The molecule has 1 aromatic carbocycles. The number of benzene rings is 1. The predicted octanol–water partition coefficient (Wildman–Crippen LogP) is 3.52. The molecule has 0 unspecified atom stereocenters. The molecule has 0 aliphatic heterocycles. The maximum Gasteiger partial charge on any atom is 0.268 e. The number of aryl methyl sites for hydroxylation is 2. The Morgan fingerprint density at radius 2 is 2.12 bits per heavy atom. The summed E-state index contributed by atoms with van der Waals surface area (Å²) in [5.41, 5.74) is 4.28. The SMILES string of the molecule is CCc1c(C(=O)N[C@H]2c3cc(Cl)ccc3CC[C@@H]2O)[nH]c(C)c1C(C)=O. The van der Waals surface area contributed by atoms with Gasteiger partial charge in [0.15, 0.2) is 5.78 Å². The van der Waals surface area contributed by atoms with Gasteiger partial charge in [-0.15, -0.1) is 0 Å². The number of aliphatic hydroxyl groups is 1. The number of nitrogens with one attached hydrogen (secondary N) is 2. The van der Waals surface area contributed by atoms with Crippen molar-refractivity contribution in [2.75, 3.05) is 0 Å². The van der Waals surface area contributed by atoms with E-state index >= 15 is 0 Å². The van der Waals surface area contributed by atoms with Crippen LogP contribution in [0.5, 0.6) is 0 Å². The summed E-state index contributed by atoms with van der Waals surface area (Å²) in [6.07, 6.45) is 1.20. The van der Waals surface area contributed by atoms with Crippen molar-refractivity contribution in [3.8, 4) is 0 Å². The van der Waals surface area contributed by atoms with Crippen LogP contribution in [0.25, 0.3) is 0 Å². The van der Waals surface area contributed by atoms with Crippen LogP contribution in [0.1, 0.15) is 69.5 Å². The summed E-state index contributed by atoms with van der Waals surface area (Å²) in [4.78, 5) is 27.9.